The molecular formula is C8H16N2O3. The monoisotopic (exact) mass is 188 g/mol. The van der Waals surface area contributed by atoms with Crippen molar-refractivity contribution in [2.24, 2.45) is 0 Å². The van der Waals surface area contributed by atoms with Crippen LogP contribution in [0.15, 0.2) is 0 Å². The summed E-state index contributed by atoms with van der Waals surface area (Å²) in [6.07, 6.45) is 0. The van der Waals surface area contributed by atoms with Crippen molar-refractivity contribution in [1.82, 2.24) is 10.2 Å². The molecule has 0 radical (unpaired) electrons. The number of hydrogen-bond acceptors (Lipinski definition) is 4. The lowest BCUT2D eigenvalue weighted by Gasteiger charge is -2.31. The Bertz CT molecular complexity index is 175. The van der Waals surface area contributed by atoms with Gasteiger partial charge in [-0.3, -0.25) is 9.69 Å². The molecule has 2 N–H and O–H groups in total. The number of ether oxygens (including phenoxy) is 1. The standard InChI is InChI=1S/C8H16N2O3/c1-10-3-5-13-6-7(10)8(12)9-2-4-11/h7,11H,2-6H2,1H3,(H,9,12)/t7-/m0/s1. The van der Waals surface area contributed by atoms with Gasteiger partial charge >= 0.3 is 0 Å². The van der Waals surface area contributed by atoms with E-state index in [1.165, 1.54) is 0 Å². The van der Waals surface area contributed by atoms with E-state index < -0.39 is 0 Å². The molecule has 1 rings (SSSR count). The SMILES string of the molecule is CN1CCOC[C@H]1C(=O)NCCO. The maximum Gasteiger partial charge on any atom is 0.239 e. The van der Waals surface area contributed by atoms with Crippen LogP contribution < -0.4 is 5.32 Å². The van der Waals surface area contributed by atoms with Crippen LogP contribution in [0.3, 0.4) is 0 Å². The van der Waals surface area contributed by atoms with E-state index in [9.17, 15) is 4.79 Å². The van der Waals surface area contributed by atoms with Gasteiger partial charge in [-0.15, -0.1) is 0 Å². The van der Waals surface area contributed by atoms with E-state index in [-0.39, 0.29) is 18.6 Å². The van der Waals surface area contributed by atoms with Crippen LogP contribution in [-0.2, 0) is 9.53 Å². The number of carbonyl (C=O) groups is 1. The summed E-state index contributed by atoms with van der Waals surface area (Å²) in [7, 11) is 1.89. The molecule has 0 bridgehead atoms. The van der Waals surface area contributed by atoms with Crippen LogP contribution >= 0.6 is 0 Å². The first-order valence-electron chi connectivity index (χ1n) is 4.42. The van der Waals surface area contributed by atoms with Crippen LogP contribution in [0.1, 0.15) is 0 Å². The minimum absolute atomic E-state index is 0.0248. The van der Waals surface area contributed by atoms with E-state index in [1.54, 1.807) is 0 Å². The van der Waals surface area contributed by atoms with Gasteiger partial charge in [0.15, 0.2) is 0 Å². The zero-order chi connectivity index (χ0) is 9.68. The van der Waals surface area contributed by atoms with Crippen LogP contribution in [-0.4, -0.2) is 61.9 Å². The Morgan fingerprint density at radius 3 is 3.15 bits per heavy atom. The number of likely N-dealkylation sites (N-methyl/N-ethyl adjacent to an activating group) is 1. The molecule has 1 saturated heterocycles. The van der Waals surface area contributed by atoms with Gasteiger partial charge in [-0.2, -0.15) is 0 Å². The third kappa shape index (κ3) is 2.95. The van der Waals surface area contributed by atoms with Crippen molar-refractivity contribution in [2.75, 3.05) is 40.0 Å². The molecule has 0 aromatic rings. The third-order valence-corrected chi connectivity index (χ3v) is 2.11. The summed E-state index contributed by atoms with van der Waals surface area (Å²) >= 11 is 0. The summed E-state index contributed by atoms with van der Waals surface area (Å²) in [5, 5.41) is 11.1. The van der Waals surface area contributed by atoms with Crippen molar-refractivity contribution in [3.05, 3.63) is 0 Å². The minimum Gasteiger partial charge on any atom is -0.395 e. The first-order valence-corrected chi connectivity index (χ1v) is 4.42. The van der Waals surface area contributed by atoms with E-state index in [0.29, 0.717) is 19.8 Å². The average Bonchev–Trinajstić information content (AvgIpc) is 2.15. The predicted molar refractivity (Wildman–Crippen MR) is 47.3 cm³/mol. The second-order valence-corrected chi connectivity index (χ2v) is 3.09. The largest absolute Gasteiger partial charge is 0.395 e. The zero-order valence-corrected chi connectivity index (χ0v) is 7.82. The van der Waals surface area contributed by atoms with Crippen LogP contribution in [0.2, 0.25) is 0 Å². The van der Waals surface area contributed by atoms with E-state index in [0.717, 1.165) is 6.54 Å². The molecule has 13 heavy (non-hydrogen) atoms. The number of hydrogen-bond donors (Lipinski definition) is 2. The van der Waals surface area contributed by atoms with Crippen LogP contribution in [0.4, 0.5) is 0 Å². The maximum absolute atomic E-state index is 11.4. The number of nitrogens with zero attached hydrogens (tertiary/aromatic N) is 1. The van der Waals surface area contributed by atoms with Crippen LogP contribution in [0.5, 0.6) is 0 Å². The molecule has 1 amide bonds. The van der Waals surface area contributed by atoms with Gasteiger partial charge in [0.2, 0.25) is 5.91 Å². The lowest BCUT2D eigenvalue weighted by Crippen LogP contribution is -2.52. The first-order chi connectivity index (χ1) is 6.25. The topological polar surface area (TPSA) is 61.8 Å². The van der Waals surface area contributed by atoms with Crippen molar-refractivity contribution in [2.45, 2.75) is 6.04 Å². The van der Waals surface area contributed by atoms with Gasteiger partial charge in [0.1, 0.15) is 6.04 Å². The number of nitrogens with one attached hydrogen (secondary N) is 1. The highest BCUT2D eigenvalue weighted by atomic mass is 16.5. The molecule has 0 saturated carbocycles. The van der Waals surface area contributed by atoms with Gasteiger partial charge in [-0.25, -0.2) is 0 Å². The molecule has 0 spiro atoms. The molecular weight excluding hydrogens is 172 g/mol. The summed E-state index contributed by atoms with van der Waals surface area (Å²) in [4.78, 5) is 13.4. The number of amides is 1. The van der Waals surface area contributed by atoms with Crippen molar-refractivity contribution in [1.29, 1.82) is 0 Å². The van der Waals surface area contributed by atoms with Crippen LogP contribution in [0, 0.1) is 0 Å². The van der Waals surface area contributed by atoms with E-state index in [4.69, 9.17) is 9.84 Å². The molecule has 1 atom stereocenters. The van der Waals surface area contributed by atoms with Crippen molar-refractivity contribution < 1.29 is 14.6 Å². The number of rotatable bonds is 3. The number of morpholine rings is 1. The Morgan fingerprint density at radius 1 is 1.77 bits per heavy atom. The number of carbonyl (C=O) groups excluding carboxylic acids is 1. The fraction of sp³-hybridized carbons (Fsp3) is 0.875. The fourth-order valence-corrected chi connectivity index (χ4v) is 1.26. The van der Waals surface area contributed by atoms with Gasteiger partial charge in [-0.05, 0) is 7.05 Å². The smallest absolute Gasteiger partial charge is 0.239 e. The molecule has 0 aromatic heterocycles. The highest BCUT2D eigenvalue weighted by Gasteiger charge is 2.25. The molecule has 1 fully saturated rings. The van der Waals surface area contributed by atoms with Crippen molar-refractivity contribution in [3.8, 4) is 0 Å². The Kier molecular flexibility index (Phi) is 4.14. The molecule has 5 heteroatoms. The Labute approximate surface area is 77.7 Å². The maximum atomic E-state index is 11.4. The van der Waals surface area contributed by atoms with E-state index in [2.05, 4.69) is 5.32 Å². The lowest BCUT2D eigenvalue weighted by molar-refractivity contribution is -0.131. The predicted octanol–water partition coefficient (Wildman–Crippen LogP) is -1.57. The Morgan fingerprint density at radius 2 is 2.54 bits per heavy atom. The number of aliphatic hydroxyl groups excluding tert-OH is 1. The second kappa shape index (κ2) is 5.16. The first kappa shape index (κ1) is 10.4. The van der Waals surface area contributed by atoms with Gasteiger partial charge in [-0.1, -0.05) is 0 Å². The van der Waals surface area contributed by atoms with Gasteiger partial charge in [0.25, 0.3) is 0 Å². The molecule has 0 aliphatic carbocycles. The summed E-state index contributed by atoms with van der Waals surface area (Å²) in [5.41, 5.74) is 0. The summed E-state index contributed by atoms with van der Waals surface area (Å²) < 4.78 is 5.19. The van der Waals surface area contributed by atoms with Gasteiger partial charge < -0.3 is 15.2 Å². The molecule has 1 heterocycles. The third-order valence-electron chi connectivity index (χ3n) is 2.11. The molecule has 1 aliphatic heterocycles. The fourth-order valence-electron chi connectivity index (χ4n) is 1.26. The molecule has 76 valence electrons. The summed E-state index contributed by atoms with van der Waals surface area (Å²) in [6.45, 7) is 2.18. The lowest BCUT2D eigenvalue weighted by atomic mass is 10.2. The quantitative estimate of drug-likeness (QED) is 0.561. The molecule has 0 aromatic carbocycles. The average molecular weight is 188 g/mol. The molecule has 0 unspecified atom stereocenters. The minimum atomic E-state index is -0.208. The van der Waals surface area contributed by atoms with Crippen LogP contribution in [0.25, 0.3) is 0 Å². The van der Waals surface area contributed by atoms with Gasteiger partial charge in [0, 0.05) is 13.1 Å². The number of aliphatic hydroxyl groups is 1. The summed E-state index contributed by atoms with van der Waals surface area (Å²) in [5.74, 6) is -0.0729. The molecule has 5 nitrogen and oxygen atoms in total. The Hall–Kier alpha value is -0.650. The highest BCUT2D eigenvalue weighted by molar-refractivity contribution is 5.81. The van der Waals surface area contributed by atoms with Gasteiger partial charge in [0.05, 0.1) is 19.8 Å². The van der Waals surface area contributed by atoms with Crippen molar-refractivity contribution in [3.63, 3.8) is 0 Å². The zero-order valence-electron chi connectivity index (χ0n) is 7.82. The summed E-state index contributed by atoms with van der Waals surface area (Å²) in [6, 6.07) is -0.208. The second-order valence-electron chi connectivity index (χ2n) is 3.09. The van der Waals surface area contributed by atoms with Crippen molar-refractivity contribution >= 4 is 5.91 Å². The van der Waals surface area contributed by atoms with E-state index >= 15 is 0 Å². The highest BCUT2D eigenvalue weighted by Crippen LogP contribution is 2.03. The Balaban J connectivity index is 2.35. The normalized spacial score (nSPS) is 24.3. The van der Waals surface area contributed by atoms with E-state index in [1.807, 2.05) is 11.9 Å². The molecule has 1 aliphatic rings.